The van der Waals surface area contributed by atoms with Crippen LogP contribution in [0.4, 0.5) is 0 Å². The number of methoxy groups -OCH3 is 1. The minimum atomic E-state index is -0.811. The average molecular weight is 346 g/mol. The third-order valence-corrected chi connectivity index (χ3v) is 4.77. The van der Waals surface area contributed by atoms with Crippen molar-refractivity contribution in [2.75, 3.05) is 7.11 Å². The molecule has 0 amide bonds. The van der Waals surface area contributed by atoms with E-state index in [1.54, 1.807) is 6.92 Å². The van der Waals surface area contributed by atoms with Crippen LogP contribution in [0.5, 0.6) is 0 Å². The van der Waals surface area contributed by atoms with Crippen molar-refractivity contribution >= 4 is 40.7 Å². The molecule has 0 aromatic carbocycles. The number of halogens is 2. The second-order valence-corrected chi connectivity index (χ2v) is 5.58. The molecule has 0 aliphatic carbocycles. The van der Waals surface area contributed by atoms with E-state index >= 15 is 0 Å². The summed E-state index contributed by atoms with van der Waals surface area (Å²) >= 11 is 12.9. The Kier molecular flexibility index (Phi) is 4.42. The third kappa shape index (κ3) is 2.58. The fraction of sp³-hybridized carbons (Fsp3) is 0.250. The van der Waals surface area contributed by atoms with E-state index in [2.05, 4.69) is 4.37 Å². The summed E-state index contributed by atoms with van der Waals surface area (Å²) in [7, 11) is 1.23. The minimum absolute atomic E-state index is 0.0585. The van der Waals surface area contributed by atoms with Crippen LogP contribution in [0, 0.1) is 11.3 Å². The molecule has 1 aromatic rings. The van der Waals surface area contributed by atoms with Crippen LogP contribution < -0.4 is 5.73 Å². The minimum Gasteiger partial charge on any atom is -0.466 e. The molecule has 1 aliphatic rings. The monoisotopic (exact) mass is 345 g/mol. The number of rotatable bonds is 2. The predicted molar refractivity (Wildman–Crippen MR) is 77.5 cm³/mol. The zero-order chi connectivity index (χ0) is 15.7. The number of carbonyl (C=O) groups is 1. The summed E-state index contributed by atoms with van der Waals surface area (Å²) in [6.45, 7) is 1.55. The predicted octanol–water partition coefficient (Wildman–Crippen LogP) is 2.70. The maximum absolute atomic E-state index is 12.0. The van der Waals surface area contributed by atoms with Crippen LogP contribution in [0.3, 0.4) is 0 Å². The second-order valence-electron chi connectivity index (χ2n) is 4.04. The molecule has 0 saturated carbocycles. The third-order valence-electron chi connectivity index (χ3n) is 2.89. The first-order valence-corrected chi connectivity index (χ1v) is 7.12. The van der Waals surface area contributed by atoms with Gasteiger partial charge in [-0.25, -0.2) is 4.79 Å². The Labute approximate surface area is 134 Å². The van der Waals surface area contributed by atoms with Gasteiger partial charge in [0, 0.05) is 0 Å². The van der Waals surface area contributed by atoms with Gasteiger partial charge < -0.3 is 15.2 Å². The molecule has 2 heterocycles. The van der Waals surface area contributed by atoms with Gasteiger partial charge in [-0.15, -0.1) is 0 Å². The smallest absolute Gasteiger partial charge is 0.338 e. The van der Waals surface area contributed by atoms with E-state index in [1.165, 1.54) is 7.11 Å². The summed E-state index contributed by atoms with van der Waals surface area (Å²) in [5.41, 5.74) is 5.93. The zero-order valence-corrected chi connectivity index (χ0v) is 13.3. The summed E-state index contributed by atoms with van der Waals surface area (Å²) in [6, 6.07) is 1.93. The van der Waals surface area contributed by atoms with Gasteiger partial charge >= 0.3 is 5.97 Å². The highest BCUT2D eigenvalue weighted by molar-refractivity contribution is 7.07. The molecule has 0 bridgehead atoms. The lowest BCUT2D eigenvalue weighted by Crippen LogP contribution is -2.24. The highest BCUT2D eigenvalue weighted by Gasteiger charge is 2.38. The molecule has 0 spiro atoms. The molecule has 2 rings (SSSR count). The summed E-state index contributed by atoms with van der Waals surface area (Å²) in [6.07, 6.45) is 0. The molecule has 21 heavy (non-hydrogen) atoms. The van der Waals surface area contributed by atoms with E-state index in [1.807, 2.05) is 6.07 Å². The van der Waals surface area contributed by atoms with E-state index in [4.69, 9.17) is 38.4 Å². The van der Waals surface area contributed by atoms with Crippen LogP contribution in [-0.2, 0) is 14.3 Å². The highest BCUT2D eigenvalue weighted by atomic mass is 35.5. The van der Waals surface area contributed by atoms with Crippen molar-refractivity contribution in [2.45, 2.75) is 12.8 Å². The Bertz CT molecular complexity index is 718. The SMILES string of the molecule is COC(=O)C1=C(C)OC(N)=C(C#N)C1c1snc(Cl)c1Cl. The first-order chi connectivity index (χ1) is 9.92. The van der Waals surface area contributed by atoms with E-state index in [9.17, 15) is 10.1 Å². The molecule has 2 N–H and O–H groups in total. The van der Waals surface area contributed by atoms with E-state index < -0.39 is 11.9 Å². The number of aromatic nitrogens is 1. The molecule has 1 unspecified atom stereocenters. The number of ether oxygens (including phenoxy) is 2. The van der Waals surface area contributed by atoms with Crippen molar-refractivity contribution in [2.24, 2.45) is 5.73 Å². The first kappa shape index (κ1) is 15.6. The van der Waals surface area contributed by atoms with Crippen molar-refractivity contribution in [3.8, 4) is 6.07 Å². The van der Waals surface area contributed by atoms with Gasteiger partial charge in [-0.05, 0) is 18.5 Å². The lowest BCUT2D eigenvalue weighted by Gasteiger charge is -2.25. The Morgan fingerprint density at radius 2 is 2.24 bits per heavy atom. The second kappa shape index (κ2) is 5.93. The van der Waals surface area contributed by atoms with Crippen molar-refractivity contribution < 1.29 is 14.3 Å². The Hall–Kier alpha value is -1.75. The van der Waals surface area contributed by atoms with Gasteiger partial charge in [0.05, 0.1) is 28.5 Å². The summed E-state index contributed by atoms with van der Waals surface area (Å²) in [4.78, 5) is 12.5. The number of allylic oxidation sites excluding steroid dienone is 2. The molecular weight excluding hydrogens is 337 g/mol. The molecule has 0 radical (unpaired) electrons. The molecule has 1 aromatic heterocycles. The van der Waals surface area contributed by atoms with Gasteiger partial charge in [0.1, 0.15) is 17.4 Å². The molecule has 110 valence electrons. The van der Waals surface area contributed by atoms with Gasteiger partial charge in [0.25, 0.3) is 0 Å². The summed E-state index contributed by atoms with van der Waals surface area (Å²) in [5, 5.41) is 9.58. The molecule has 9 heteroatoms. The van der Waals surface area contributed by atoms with Crippen LogP contribution in [0.25, 0.3) is 0 Å². The number of esters is 1. The van der Waals surface area contributed by atoms with Crippen LogP contribution in [0.15, 0.2) is 22.8 Å². The number of hydrogen-bond acceptors (Lipinski definition) is 7. The largest absolute Gasteiger partial charge is 0.466 e. The van der Waals surface area contributed by atoms with Crippen molar-refractivity contribution in [3.05, 3.63) is 37.8 Å². The molecule has 6 nitrogen and oxygen atoms in total. The number of carbonyl (C=O) groups excluding carboxylic acids is 1. The average Bonchev–Trinajstić information content (AvgIpc) is 2.77. The summed E-state index contributed by atoms with van der Waals surface area (Å²) < 4.78 is 13.9. The topological polar surface area (TPSA) is 98.2 Å². The van der Waals surface area contributed by atoms with E-state index in [0.717, 1.165) is 11.5 Å². The van der Waals surface area contributed by atoms with Crippen LogP contribution in [0.1, 0.15) is 17.7 Å². The van der Waals surface area contributed by atoms with Gasteiger partial charge in [-0.3, -0.25) is 0 Å². The maximum atomic E-state index is 12.0. The number of nitrogens with zero attached hydrogens (tertiary/aromatic N) is 2. The van der Waals surface area contributed by atoms with E-state index in [0.29, 0.717) is 4.88 Å². The summed E-state index contributed by atoms with van der Waals surface area (Å²) in [5.74, 6) is -1.30. The Morgan fingerprint density at radius 3 is 2.71 bits per heavy atom. The van der Waals surface area contributed by atoms with Gasteiger partial charge in [-0.2, -0.15) is 9.64 Å². The molecule has 1 atom stereocenters. The van der Waals surface area contributed by atoms with Gasteiger partial charge in [0.2, 0.25) is 5.88 Å². The maximum Gasteiger partial charge on any atom is 0.338 e. The molecule has 0 saturated heterocycles. The molecular formula is C12H9Cl2N3O3S. The first-order valence-electron chi connectivity index (χ1n) is 5.59. The Balaban J connectivity index is 2.69. The zero-order valence-electron chi connectivity index (χ0n) is 10.9. The molecule has 0 fully saturated rings. The van der Waals surface area contributed by atoms with Crippen molar-refractivity contribution in [3.63, 3.8) is 0 Å². The van der Waals surface area contributed by atoms with E-state index in [-0.39, 0.29) is 33.0 Å². The Morgan fingerprint density at radius 1 is 1.57 bits per heavy atom. The van der Waals surface area contributed by atoms with Crippen LogP contribution in [0.2, 0.25) is 10.2 Å². The highest BCUT2D eigenvalue weighted by Crippen LogP contribution is 2.45. The lowest BCUT2D eigenvalue weighted by molar-refractivity contribution is -0.136. The lowest BCUT2D eigenvalue weighted by atomic mass is 9.87. The van der Waals surface area contributed by atoms with Crippen LogP contribution >= 0.6 is 34.7 Å². The standard InChI is InChI=1S/C12H9Cl2N3O3S/c1-4-6(12(18)19-2)7(5(3-15)11(16)20-4)9-8(13)10(14)17-21-9/h7H,16H2,1-2H3. The number of nitriles is 1. The van der Waals surface area contributed by atoms with Crippen molar-refractivity contribution in [1.82, 2.24) is 4.37 Å². The molecule has 1 aliphatic heterocycles. The van der Waals surface area contributed by atoms with Gasteiger partial charge in [-0.1, -0.05) is 23.2 Å². The quantitative estimate of drug-likeness (QED) is 0.827. The fourth-order valence-corrected chi connectivity index (χ4v) is 3.32. The van der Waals surface area contributed by atoms with Crippen molar-refractivity contribution in [1.29, 1.82) is 5.26 Å². The normalized spacial score (nSPS) is 18.3. The fourth-order valence-electron chi connectivity index (χ4n) is 1.97. The van der Waals surface area contributed by atoms with Gasteiger partial charge in [0.15, 0.2) is 5.15 Å². The number of hydrogen-bond donors (Lipinski definition) is 1. The van der Waals surface area contributed by atoms with Crippen LogP contribution in [-0.4, -0.2) is 17.5 Å². The number of nitrogens with two attached hydrogens (primary N) is 1.